The minimum Gasteiger partial charge on any atom is -0.508 e. The highest BCUT2D eigenvalue weighted by Gasteiger charge is 2.42. The van der Waals surface area contributed by atoms with E-state index in [2.05, 4.69) is 21.7 Å². The van der Waals surface area contributed by atoms with E-state index in [9.17, 15) is 9.90 Å². The zero-order valence-corrected chi connectivity index (χ0v) is 27.5. The van der Waals surface area contributed by atoms with Crippen LogP contribution in [0.5, 0.6) is 5.75 Å². The molecule has 0 spiro atoms. The van der Waals surface area contributed by atoms with Crippen LogP contribution >= 0.6 is 11.6 Å². The fraction of sp³-hybridized carbons (Fsp3) is 0.457. The number of halogens is 2. The van der Waals surface area contributed by atoms with Gasteiger partial charge in [-0.1, -0.05) is 35.9 Å². The Balaban J connectivity index is 1.38. The van der Waals surface area contributed by atoms with Crippen molar-refractivity contribution >= 4 is 51.1 Å². The first-order valence-corrected chi connectivity index (χ1v) is 16.5. The number of ether oxygens (including phenoxy) is 1. The lowest BCUT2D eigenvalue weighted by Crippen LogP contribution is -2.59. The number of amides is 1. The number of fused-ring (bicyclic) bond motifs is 6. The minimum atomic E-state index is -0.588. The SMILES string of the molecule is CN1CCN(c2nc(N3CC4CCCC3CN4C(=O)OC(C)(C)C)c3cc(Cl)c(-c4cc(O)cc5ccccc45)c(F)c3n2)CC1. The number of nitrogens with zero attached hydrogens (tertiary/aromatic N) is 6. The number of aromatic nitrogens is 2. The highest BCUT2D eigenvalue weighted by Crippen LogP contribution is 2.44. The van der Waals surface area contributed by atoms with E-state index in [1.807, 2.05) is 49.9 Å². The molecule has 3 aromatic carbocycles. The number of phenols is 1. The number of rotatable bonds is 3. The van der Waals surface area contributed by atoms with Gasteiger partial charge in [-0.25, -0.2) is 14.2 Å². The van der Waals surface area contributed by atoms with Gasteiger partial charge in [-0.05, 0) is 81.6 Å². The third kappa shape index (κ3) is 5.66. The number of piperazine rings is 2. The molecule has 4 fully saturated rings. The van der Waals surface area contributed by atoms with E-state index in [1.165, 1.54) is 0 Å². The van der Waals surface area contributed by atoms with Crippen molar-refractivity contribution in [3.63, 3.8) is 0 Å². The molecule has 0 saturated carbocycles. The zero-order valence-electron chi connectivity index (χ0n) is 26.8. The number of aromatic hydroxyl groups is 1. The van der Waals surface area contributed by atoms with Gasteiger partial charge < -0.3 is 29.4 Å². The molecule has 0 radical (unpaired) electrons. The van der Waals surface area contributed by atoms with Crippen LogP contribution < -0.4 is 9.80 Å². The van der Waals surface area contributed by atoms with Gasteiger partial charge in [0.1, 0.15) is 22.7 Å². The first-order chi connectivity index (χ1) is 22.0. The summed E-state index contributed by atoms with van der Waals surface area (Å²) in [5, 5.41) is 12.9. The summed E-state index contributed by atoms with van der Waals surface area (Å²) in [6, 6.07) is 12.4. The lowest BCUT2D eigenvalue weighted by atomic mass is 9.96. The second-order valence-corrected chi connectivity index (χ2v) is 14.2. The van der Waals surface area contributed by atoms with Crippen molar-refractivity contribution in [2.45, 2.75) is 57.7 Å². The van der Waals surface area contributed by atoms with Crippen LogP contribution in [0.4, 0.5) is 21.0 Å². The number of hydrogen-bond acceptors (Lipinski definition) is 8. The van der Waals surface area contributed by atoms with Crippen molar-refractivity contribution in [1.82, 2.24) is 19.8 Å². The highest BCUT2D eigenvalue weighted by atomic mass is 35.5. The summed E-state index contributed by atoms with van der Waals surface area (Å²) in [7, 11) is 2.09. The maximum Gasteiger partial charge on any atom is 0.410 e. The van der Waals surface area contributed by atoms with Crippen LogP contribution in [0, 0.1) is 5.82 Å². The standard InChI is InChI=1S/C35H40ClFN6O3/c1-35(2,3)46-34(45)43-20-22-9-7-10-23(43)19-42(22)32-27-18-28(36)29(26-17-24(44)16-21-8-5-6-11-25(21)26)30(37)31(27)38-33(39-32)41-14-12-40(4)13-15-41/h5-6,8,11,16-18,22-23,44H,7,9-10,12-15,19-20H2,1-4H3. The smallest absolute Gasteiger partial charge is 0.410 e. The van der Waals surface area contributed by atoms with E-state index in [1.54, 1.807) is 18.2 Å². The average Bonchev–Trinajstić information content (AvgIpc) is 3.34. The molecular formula is C35H40ClFN6O3. The molecule has 1 aromatic heterocycles. The van der Waals surface area contributed by atoms with Gasteiger partial charge >= 0.3 is 6.09 Å². The molecule has 46 heavy (non-hydrogen) atoms. The predicted molar refractivity (Wildman–Crippen MR) is 181 cm³/mol. The van der Waals surface area contributed by atoms with Crippen molar-refractivity contribution in [3.8, 4) is 16.9 Å². The highest BCUT2D eigenvalue weighted by molar-refractivity contribution is 6.35. The summed E-state index contributed by atoms with van der Waals surface area (Å²) in [6.07, 6.45) is 2.38. The van der Waals surface area contributed by atoms with E-state index in [0.717, 1.165) is 56.2 Å². The molecule has 11 heteroatoms. The molecule has 4 saturated heterocycles. The fourth-order valence-electron chi connectivity index (χ4n) is 7.12. The Bertz CT molecular complexity index is 1820. The second-order valence-electron chi connectivity index (χ2n) is 13.8. The number of likely N-dealkylation sites (N-methyl/N-ethyl adjacent to an activating group) is 1. The third-order valence-electron chi connectivity index (χ3n) is 9.42. The van der Waals surface area contributed by atoms with Crippen LogP contribution in [0.2, 0.25) is 5.02 Å². The molecule has 8 rings (SSSR count). The van der Waals surface area contributed by atoms with Crippen LogP contribution in [0.1, 0.15) is 40.0 Å². The number of benzene rings is 3. The second kappa shape index (κ2) is 11.7. The van der Waals surface area contributed by atoms with Gasteiger partial charge in [0.25, 0.3) is 0 Å². The van der Waals surface area contributed by atoms with Crippen LogP contribution in [0.25, 0.3) is 32.8 Å². The molecule has 2 bridgehead atoms. The summed E-state index contributed by atoms with van der Waals surface area (Å²) in [4.78, 5) is 31.7. The van der Waals surface area contributed by atoms with Crippen molar-refractivity contribution < 1.29 is 19.0 Å². The van der Waals surface area contributed by atoms with E-state index in [4.69, 9.17) is 26.3 Å². The number of anilines is 2. The van der Waals surface area contributed by atoms with E-state index in [-0.39, 0.29) is 40.0 Å². The van der Waals surface area contributed by atoms with Gasteiger partial charge in [-0.3, -0.25) is 0 Å². The average molecular weight is 647 g/mol. The Labute approximate surface area is 273 Å². The van der Waals surface area contributed by atoms with E-state index >= 15 is 4.39 Å². The van der Waals surface area contributed by atoms with Crippen molar-refractivity contribution in [2.24, 2.45) is 0 Å². The molecule has 2 atom stereocenters. The van der Waals surface area contributed by atoms with Crippen molar-refractivity contribution in [1.29, 1.82) is 0 Å². The lowest BCUT2D eigenvalue weighted by Gasteiger charge is -2.45. The molecule has 0 aliphatic carbocycles. The summed E-state index contributed by atoms with van der Waals surface area (Å²) in [5.41, 5.74) is 0.303. The molecular weight excluding hydrogens is 607 g/mol. The third-order valence-corrected chi connectivity index (χ3v) is 9.72. The van der Waals surface area contributed by atoms with Gasteiger partial charge in [0.2, 0.25) is 5.95 Å². The predicted octanol–water partition coefficient (Wildman–Crippen LogP) is 6.68. The Morgan fingerprint density at radius 1 is 1.00 bits per heavy atom. The first kappa shape index (κ1) is 30.7. The maximum absolute atomic E-state index is 17.1. The Kier molecular flexibility index (Phi) is 7.84. The van der Waals surface area contributed by atoms with Gasteiger partial charge in [0, 0.05) is 56.3 Å². The van der Waals surface area contributed by atoms with Gasteiger partial charge in [0.05, 0.1) is 11.1 Å². The first-order valence-electron chi connectivity index (χ1n) is 16.1. The van der Waals surface area contributed by atoms with Crippen molar-refractivity contribution in [3.05, 3.63) is 53.3 Å². The molecule has 2 unspecified atom stereocenters. The zero-order chi connectivity index (χ0) is 32.3. The Morgan fingerprint density at radius 3 is 2.50 bits per heavy atom. The molecule has 1 amide bonds. The summed E-state index contributed by atoms with van der Waals surface area (Å²) in [6.45, 7) is 9.83. The quantitative estimate of drug-likeness (QED) is 0.264. The normalized spacial score (nSPS) is 20.9. The summed E-state index contributed by atoms with van der Waals surface area (Å²) in [5.74, 6) is 0.592. The molecule has 5 heterocycles. The van der Waals surface area contributed by atoms with Gasteiger partial charge in [-0.15, -0.1) is 0 Å². The molecule has 4 aliphatic heterocycles. The van der Waals surface area contributed by atoms with E-state index < -0.39 is 11.4 Å². The van der Waals surface area contributed by atoms with Crippen LogP contribution in [0.3, 0.4) is 0 Å². The maximum atomic E-state index is 17.1. The Morgan fingerprint density at radius 2 is 1.74 bits per heavy atom. The topological polar surface area (TPSA) is 85.3 Å². The molecule has 1 N–H and O–H groups in total. The Hall–Kier alpha value is -3.89. The summed E-state index contributed by atoms with van der Waals surface area (Å²) < 4.78 is 22.8. The van der Waals surface area contributed by atoms with Gasteiger partial charge in [0.15, 0.2) is 5.82 Å². The van der Waals surface area contributed by atoms with Crippen LogP contribution in [-0.2, 0) is 4.74 Å². The molecule has 4 aromatic rings. The molecule has 9 nitrogen and oxygen atoms in total. The minimum absolute atomic E-state index is 0.0266. The number of hydrogen-bond donors (Lipinski definition) is 1. The molecule has 242 valence electrons. The molecule has 4 aliphatic rings. The van der Waals surface area contributed by atoms with Crippen LogP contribution in [-0.4, -0.2) is 95.0 Å². The van der Waals surface area contributed by atoms with E-state index in [0.29, 0.717) is 35.8 Å². The number of carbonyl (C=O) groups excluding carboxylic acids is 1. The lowest BCUT2D eigenvalue weighted by molar-refractivity contribution is 0.0123. The number of carbonyl (C=O) groups is 1. The number of phenolic OH excluding ortho intramolecular Hbond substituents is 1. The largest absolute Gasteiger partial charge is 0.508 e. The monoisotopic (exact) mass is 646 g/mol. The van der Waals surface area contributed by atoms with Gasteiger partial charge in [-0.2, -0.15) is 4.98 Å². The van der Waals surface area contributed by atoms with Crippen molar-refractivity contribution in [2.75, 3.05) is 56.1 Å². The summed E-state index contributed by atoms with van der Waals surface area (Å²) >= 11 is 6.97. The fourth-order valence-corrected chi connectivity index (χ4v) is 7.41. The van der Waals surface area contributed by atoms with Crippen LogP contribution in [0.15, 0.2) is 42.5 Å².